The van der Waals surface area contributed by atoms with E-state index < -0.39 is 8.32 Å². The Morgan fingerprint density at radius 1 is 1.13 bits per heavy atom. The number of hydrogen-bond acceptors (Lipinski definition) is 3. The molecule has 0 amide bonds. The van der Waals surface area contributed by atoms with Crippen molar-refractivity contribution in [2.45, 2.75) is 84.9 Å². The van der Waals surface area contributed by atoms with Gasteiger partial charge in [0.2, 0.25) is 0 Å². The van der Waals surface area contributed by atoms with Crippen molar-refractivity contribution in [3.8, 4) is 0 Å². The predicted molar refractivity (Wildman–Crippen MR) is 101 cm³/mol. The fourth-order valence-corrected chi connectivity index (χ4v) is 2.99. The summed E-state index contributed by atoms with van der Waals surface area (Å²) in [4.78, 5) is 11.2. The van der Waals surface area contributed by atoms with Gasteiger partial charge in [0.05, 0.1) is 6.61 Å². The fourth-order valence-electron chi connectivity index (χ4n) is 1.93. The molecule has 0 aliphatic carbocycles. The van der Waals surface area contributed by atoms with Crippen molar-refractivity contribution < 1.29 is 14.0 Å². The van der Waals surface area contributed by atoms with Gasteiger partial charge in [-0.1, -0.05) is 39.8 Å². The van der Waals surface area contributed by atoms with Crippen LogP contribution >= 0.6 is 0 Å². The molecule has 0 fully saturated rings. The molecule has 0 aromatic rings. The predicted octanol–water partition coefficient (Wildman–Crippen LogP) is 5.71. The first-order valence-electron chi connectivity index (χ1n) is 9.04. The zero-order valence-corrected chi connectivity index (χ0v) is 17.4. The highest BCUT2D eigenvalue weighted by molar-refractivity contribution is 6.74. The van der Waals surface area contributed by atoms with E-state index in [2.05, 4.69) is 52.9 Å². The molecule has 136 valence electrons. The van der Waals surface area contributed by atoms with E-state index in [1.165, 1.54) is 6.42 Å². The average molecular weight is 343 g/mol. The van der Waals surface area contributed by atoms with Crippen LogP contribution in [0, 0.1) is 5.92 Å². The van der Waals surface area contributed by atoms with Crippen LogP contribution in [0.25, 0.3) is 0 Å². The van der Waals surface area contributed by atoms with Crippen LogP contribution in [0.2, 0.25) is 18.1 Å². The minimum Gasteiger partial charge on any atom is -0.466 e. The van der Waals surface area contributed by atoms with Gasteiger partial charge < -0.3 is 9.16 Å². The summed E-state index contributed by atoms with van der Waals surface area (Å²) < 4.78 is 11.1. The molecule has 23 heavy (non-hydrogen) atoms. The van der Waals surface area contributed by atoms with Crippen LogP contribution in [0.5, 0.6) is 0 Å². The molecule has 0 aromatic carbocycles. The molecular formula is C19H38O3Si. The van der Waals surface area contributed by atoms with Gasteiger partial charge in [-0.3, -0.25) is 4.79 Å². The van der Waals surface area contributed by atoms with Crippen LogP contribution in [0.4, 0.5) is 0 Å². The smallest absolute Gasteiger partial charge is 0.306 e. The van der Waals surface area contributed by atoms with Gasteiger partial charge in [-0.2, -0.15) is 0 Å². The standard InChI is InChI=1S/C19H38O3Si/c1-8-21-18(20)14-12-10-9-11-13-17(2)15-16-22-23(6,7)19(3,4)5/h9-10,17H,8,11-16H2,1-7H3/b10-9+/t17-/m0/s1. The first-order valence-corrected chi connectivity index (χ1v) is 12.0. The first kappa shape index (κ1) is 22.4. The number of carbonyl (C=O) groups excluding carboxylic acids is 1. The Morgan fingerprint density at radius 3 is 2.30 bits per heavy atom. The third-order valence-corrected chi connectivity index (χ3v) is 9.23. The summed E-state index contributed by atoms with van der Waals surface area (Å²) in [6, 6.07) is 0. The van der Waals surface area contributed by atoms with Crippen molar-refractivity contribution in [2.75, 3.05) is 13.2 Å². The third kappa shape index (κ3) is 10.7. The second-order valence-corrected chi connectivity index (χ2v) is 12.7. The summed E-state index contributed by atoms with van der Waals surface area (Å²) in [5.41, 5.74) is 0. The molecule has 4 heteroatoms. The van der Waals surface area contributed by atoms with Crippen molar-refractivity contribution in [3.63, 3.8) is 0 Å². The molecule has 0 N–H and O–H groups in total. The van der Waals surface area contributed by atoms with Gasteiger partial charge in [0.1, 0.15) is 0 Å². The lowest BCUT2D eigenvalue weighted by Crippen LogP contribution is -2.41. The van der Waals surface area contributed by atoms with Gasteiger partial charge in [-0.25, -0.2) is 0 Å². The minimum absolute atomic E-state index is 0.103. The van der Waals surface area contributed by atoms with Gasteiger partial charge in [-0.05, 0) is 56.7 Å². The van der Waals surface area contributed by atoms with E-state index >= 15 is 0 Å². The maximum Gasteiger partial charge on any atom is 0.306 e. The molecule has 1 atom stereocenters. The van der Waals surface area contributed by atoms with E-state index in [-0.39, 0.29) is 11.0 Å². The van der Waals surface area contributed by atoms with Gasteiger partial charge >= 0.3 is 5.97 Å². The Kier molecular flexibility index (Phi) is 10.7. The zero-order chi connectivity index (χ0) is 17.9. The second kappa shape index (κ2) is 11.0. The second-order valence-electron chi connectivity index (χ2n) is 7.90. The Balaban J connectivity index is 3.76. The molecule has 0 rings (SSSR count). The molecule has 0 radical (unpaired) electrons. The number of rotatable bonds is 11. The molecule has 3 nitrogen and oxygen atoms in total. The molecule has 0 unspecified atom stereocenters. The maximum atomic E-state index is 11.2. The van der Waals surface area contributed by atoms with Crippen LogP contribution in [0.1, 0.15) is 66.7 Å². The van der Waals surface area contributed by atoms with E-state index in [0.29, 0.717) is 18.9 Å². The lowest BCUT2D eigenvalue weighted by molar-refractivity contribution is -0.143. The van der Waals surface area contributed by atoms with E-state index in [1.807, 2.05) is 6.92 Å². The highest BCUT2D eigenvalue weighted by atomic mass is 28.4. The van der Waals surface area contributed by atoms with Crippen molar-refractivity contribution in [3.05, 3.63) is 12.2 Å². The SMILES string of the molecule is CCOC(=O)CC/C=C/CC[C@H](C)CCO[Si](C)(C)C(C)(C)C. The molecule has 0 aliphatic rings. The van der Waals surface area contributed by atoms with Crippen LogP contribution < -0.4 is 0 Å². The van der Waals surface area contributed by atoms with Gasteiger partial charge in [0.25, 0.3) is 0 Å². The normalized spacial score (nSPS) is 14.2. The average Bonchev–Trinajstić information content (AvgIpc) is 2.41. The first-order chi connectivity index (χ1) is 10.6. The molecule has 0 saturated carbocycles. The molecule has 0 heterocycles. The summed E-state index contributed by atoms with van der Waals surface area (Å²) in [7, 11) is -1.60. The van der Waals surface area contributed by atoms with Crippen molar-refractivity contribution in [1.82, 2.24) is 0 Å². The van der Waals surface area contributed by atoms with Crippen LogP contribution in [0.3, 0.4) is 0 Å². The third-order valence-electron chi connectivity index (χ3n) is 4.69. The Labute approximate surface area is 145 Å². The lowest BCUT2D eigenvalue weighted by atomic mass is 10.0. The van der Waals surface area contributed by atoms with Gasteiger partial charge in [0.15, 0.2) is 8.32 Å². The summed E-state index contributed by atoms with van der Waals surface area (Å²) in [6.45, 7) is 16.9. The molecule has 0 aromatic heterocycles. The van der Waals surface area contributed by atoms with Crippen molar-refractivity contribution in [2.24, 2.45) is 5.92 Å². The van der Waals surface area contributed by atoms with E-state index in [4.69, 9.17) is 9.16 Å². The van der Waals surface area contributed by atoms with Crippen molar-refractivity contribution in [1.29, 1.82) is 0 Å². The van der Waals surface area contributed by atoms with E-state index in [9.17, 15) is 4.79 Å². The number of esters is 1. The van der Waals surface area contributed by atoms with Crippen LogP contribution in [-0.4, -0.2) is 27.5 Å². The Morgan fingerprint density at radius 2 is 1.74 bits per heavy atom. The van der Waals surface area contributed by atoms with Crippen molar-refractivity contribution >= 4 is 14.3 Å². The Hall–Kier alpha value is -0.613. The molecule has 0 aliphatic heterocycles. The van der Waals surface area contributed by atoms with Crippen LogP contribution in [0.15, 0.2) is 12.2 Å². The topological polar surface area (TPSA) is 35.5 Å². The highest BCUT2D eigenvalue weighted by Gasteiger charge is 2.36. The van der Waals surface area contributed by atoms with E-state index in [1.54, 1.807) is 0 Å². The van der Waals surface area contributed by atoms with E-state index in [0.717, 1.165) is 25.9 Å². The zero-order valence-electron chi connectivity index (χ0n) is 16.4. The summed E-state index contributed by atoms with van der Waals surface area (Å²) in [6.07, 6.45) is 8.92. The minimum atomic E-state index is -1.60. The molecular weight excluding hydrogens is 304 g/mol. The number of hydrogen-bond donors (Lipinski definition) is 0. The number of allylic oxidation sites excluding steroid dienone is 2. The fraction of sp³-hybridized carbons (Fsp3) is 0.842. The van der Waals surface area contributed by atoms with Gasteiger partial charge in [0, 0.05) is 13.0 Å². The summed E-state index contributed by atoms with van der Waals surface area (Å²) >= 11 is 0. The molecule has 0 bridgehead atoms. The monoisotopic (exact) mass is 342 g/mol. The maximum absolute atomic E-state index is 11.2. The summed E-state index contributed by atoms with van der Waals surface area (Å²) in [5.74, 6) is 0.572. The largest absolute Gasteiger partial charge is 0.466 e. The van der Waals surface area contributed by atoms with Crippen LogP contribution in [-0.2, 0) is 14.0 Å². The quantitative estimate of drug-likeness (QED) is 0.274. The number of carbonyl (C=O) groups is 1. The summed E-state index contributed by atoms with van der Waals surface area (Å²) in [5, 5.41) is 0.290. The molecule has 0 saturated heterocycles. The number of ether oxygens (including phenoxy) is 1. The molecule has 0 spiro atoms. The lowest BCUT2D eigenvalue weighted by Gasteiger charge is -2.36. The van der Waals surface area contributed by atoms with Gasteiger partial charge in [-0.15, -0.1) is 0 Å². The highest BCUT2D eigenvalue weighted by Crippen LogP contribution is 2.36. The Bertz CT molecular complexity index is 356.